The summed E-state index contributed by atoms with van der Waals surface area (Å²) >= 11 is 0. The Labute approximate surface area is 106 Å². The van der Waals surface area contributed by atoms with Gasteiger partial charge in [-0.15, -0.1) is 0 Å². The van der Waals surface area contributed by atoms with Crippen LogP contribution in [0.2, 0.25) is 0 Å². The van der Waals surface area contributed by atoms with Gasteiger partial charge >= 0.3 is 5.97 Å². The van der Waals surface area contributed by atoms with Gasteiger partial charge in [0, 0.05) is 32.2 Å². The Morgan fingerprint density at radius 3 is 2.33 bits per heavy atom. The molecule has 0 atom stereocenters. The van der Waals surface area contributed by atoms with Gasteiger partial charge in [0.15, 0.2) is 0 Å². The molecule has 0 aliphatic heterocycles. The van der Waals surface area contributed by atoms with E-state index in [1.54, 1.807) is 7.05 Å². The Morgan fingerprint density at radius 2 is 1.78 bits per heavy atom. The summed E-state index contributed by atoms with van der Waals surface area (Å²) in [6.07, 6.45) is 0.410. The zero-order valence-corrected chi connectivity index (χ0v) is 10.4. The Morgan fingerprint density at radius 1 is 1.17 bits per heavy atom. The third-order valence-corrected chi connectivity index (χ3v) is 2.60. The number of carbonyl (C=O) groups excluding carboxylic acids is 1. The molecule has 0 saturated carbocycles. The molecule has 1 aromatic rings. The van der Waals surface area contributed by atoms with E-state index in [1.807, 2.05) is 35.2 Å². The van der Waals surface area contributed by atoms with Crippen LogP contribution in [0, 0.1) is 0 Å². The molecule has 18 heavy (non-hydrogen) atoms. The SMILES string of the molecule is CNC(=O)CCN(CCC(=O)O)c1ccccc1. The van der Waals surface area contributed by atoms with Gasteiger partial charge in [-0.25, -0.2) is 0 Å². The smallest absolute Gasteiger partial charge is 0.305 e. The molecule has 1 rings (SSSR count). The second-order valence-corrected chi connectivity index (χ2v) is 3.89. The van der Waals surface area contributed by atoms with Crippen molar-refractivity contribution in [2.75, 3.05) is 25.0 Å². The highest BCUT2D eigenvalue weighted by molar-refractivity contribution is 5.76. The highest BCUT2D eigenvalue weighted by Gasteiger charge is 2.10. The molecule has 98 valence electrons. The number of amides is 1. The van der Waals surface area contributed by atoms with Crippen LogP contribution in [0.1, 0.15) is 12.8 Å². The third-order valence-electron chi connectivity index (χ3n) is 2.60. The molecule has 0 spiro atoms. The van der Waals surface area contributed by atoms with Gasteiger partial charge in [-0.3, -0.25) is 9.59 Å². The van der Waals surface area contributed by atoms with E-state index < -0.39 is 5.97 Å². The van der Waals surface area contributed by atoms with Crippen LogP contribution >= 0.6 is 0 Å². The fourth-order valence-electron chi connectivity index (χ4n) is 1.60. The number of nitrogens with zero attached hydrogens (tertiary/aromatic N) is 1. The topological polar surface area (TPSA) is 69.6 Å². The molecule has 0 bridgehead atoms. The zero-order chi connectivity index (χ0) is 13.4. The quantitative estimate of drug-likeness (QED) is 0.760. The van der Waals surface area contributed by atoms with Gasteiger partial charge in [0.05, 0.1) is 6.42 Å². The maximum absolute atomic E-state index is 11.2. The van der Waals surface area contributed by atoms with Crippen molar-refractivity contribution in [2.24, 2.45) is 0 Å². The summed E-state index contributed by atoms with van der Waals surface area (Å²) in [5, 5.41) is 11.3. The lowest BCUT2D eigenvalue weighted by Gasteiger charge is -2.23. The number of carboxylic acid groups (broad SMARTS) is 1. The van der Waals surface area contributed by atoms with Gasteiger partial charge in [-0.2, -0.15) is 0 Å². The van der Waals surface area contributed by atoms with Crippen molar-refractivity contribution in [3.05, 3.63) is 30.3 Å². The van der Waals surface area contributed by atoms with Crippen molar-refractivity contribution >= 4 is 17.6 Å². The summed E-state index contributed by atoms with van der Waals surface area (Å²) in [7, 11) is 1.59. The molecule has 0 unspecified atom stereocenters. The van der Waals surface area contributed by atoms with Crippen LogP contribution in [-0.4, -0.2) is 37.1 Å². The first-order chi connectivity index (χ1) is 8.63. The Kier molecular flexibility index (Phi) is 5.70. The number of aliphatic carboxylic acids is 1. The largest absolute Gasteiger partial charge is 0.481 e. The number of para-hydroxylation sites is 1. The van der Waals surface area contributed by atoms with Crippen LogP contribution in [0.5, 0.6) is 0 Å². The number of benzene rings is 1. The molecular formula is C13H18N2O3. The molecule has 5 nitrogen and oxygen atoms in total. The van der Waals surface area contributed by atoms with Gasteiger partial charge in [0.2, 0.25) is 5.91 Å². The lowest BCUT2D eigenvalue weighted by atomic mass is 10.2. The third kappa shape index (κ3) is 4.86. The van der Waals surface area contributed by atoms with Gasteiger partial charge < -0.3 is 15.3 Å². The molecule has 0 aliphatic carbocycles. The van der Waals surface area contributed by atoms with Gasteiger partial charge in [0.25, 0.3) is 0 Å². The number of nitrogens with one attached hydrogen (secondary N) is 1. The number of hydrogen-bond acceptors (Lipinski definition) is 3. The maximum atomic E-state index is 11.2. The predicted octanol–water partition coefficient (Wildman–Crippen LogP) is 1.10. The highest BCUT2D eigenvalue weighted by atomic mass is 16.4. The Hall–Kier alpha value is -2.04. The summed E-state index contributed by atoms with van der Waals surface area (Å²) in [5.41, 5.74) is 0.933. The minimum atomic E-state index is -0.837. The molecule has 1 amide bonds. The lowest BCUT2D eigenvalue weighted by molar-refractivity contribution is -0.136. The average molecular weight is 250 g/mol. The second kappa shape index (κ2) is 7.32. The summed E-state index contributed by atoms with van der Waals surface area (Å²) < 4.78 is 0. The van der Waals surface area contributed by atoms with E-state index in [-0.39, 0.29) is 12.3 Å². The summed E-state index contributed by atoms with van der Waals surface area (Å²) in [4.78, 5) is 23.8. The molecule has 0 heterocycles. The number of anilines is 1. The Balaban J connectivity index is 2.63. The fourth-order valence-corrected chi connectivity index (χ4v) is 1.60. The molecule has 0 aromatic heterocycles. The molecule has 1 aromatic carbocycles. The van der Waals surface area contributed by atoms with E-state index in [1.165, 1.54) is 0 Å². The van der Waals surface area contributed by atoms with E-state index in [0.29, 0.717) is 19.5 Å². The minimum Gasteiger partial charge on any atom is -0.481 e. The summed E-state index contributed by atoms with van der Waals surface area (Å²) in [5.74, 6) is -0.887. The van der Waals surface area contributed by atoms with Crippen molar-refractivity contribution in [3.63, 3.8) is 0 Å². The molecule has 0 aliphatic rings. The van der Waals surface area contributed by atoms with Crippen molar-refractivity contribution < 1.29 is 14.7 Å². The standard InChI is InChI=1S/C13H18N2O3/c1-14-12(16)7-9-15(10-8-13(17)18)11-5-3-2-4-6-11/h2-6H,7-10H2,1H3,(H,14,16)(H,17,18). The maximum Gasteiger partial charge on any atom is 0.305 e. The van der Waals surface area contributed by atoms with E-state index in [4.69, 9.17) is 5.11 Å². The normalized spacial score (nSPS) is 9.83. The van der Waals surface area contributed by atoms with E-state index >= 15 is 0 Å². The van der Waals surface area contributed by atoms with Crippen LogP contribution in [0.4, 0.5) is 5.69 Å². The van der Waals surface area contributed by atoms with Crippen LogP contribution in [-0.2, 0) is 9.59 Å². The van der Waals surface area contributed by atoms with E-state index in [2.05, 4.69) is 5.32 Å². The first kappa shape index (κ1) is 14.0. The van der Waals surface area contributed by atoms with E-state index in [9.17, 15) is 9.59 Å². The number of hydrogen-bond donors (Lipinski definition) is 2. The minimum absolute atomic E-state index is 0.0498. The molecule has 0 fully saturated rings. The number of carbonyl (C=O) groups is 2. The van der Waals surface area contributed by atoms with Crippen LogP contribution < -0.4 is 10.2 Å². The van der Waals surface area contributed by atoms with Crippen LogP contribution in [0.3, 0.4) is 0 Å². The predicted molar refractivity (Wildman–Crippen MR) is 69.6 cm³/mol. The van der Waals surface area contributed by atoms with Crippen molar-refractivity contribution in [1.82, 2.24) is 5.32 Å². The van der Waals surface area contributed by atoms with Gasteiger partial charge in [-0.05, 0) is 12.1 Å². The van der Waals surface area contributed by atoms with Crippen molar-refractivity contribution in [3.8, 4) is 0 Å². The molecule has 2 N–H and O–H groups in total. The number of rotatable bonds is 7. The Bertz CT molecular complexity index is 392. The molecular weight excluding hydrogens is 232 g/mol. The average Bonchev–Trinajstić information content (AvgIpc) is 2.39. The first-order valence-electron chi connectivity index (χ1n) is 5.86. The number of carboxylic acids is 1. The monoisotopic (exact) mass is 250 g/mol. The lowest BCUT2D eigenvalue weighted by Crippen LogP contribution is -2.31. The van der Waals surface area contributed by atoms with Gasteiger partial charge in [0.1, 0.15) is 0 Å². The zero-order valence-electron chi connectivity index (χ0n) is 10.4. The van der Waals surface area contributed by atoms with Crippen molar-refractivity contribution in [2.45, 2.75) is 12.8 Å². The van der Waals surface area contributed by atoms with Gasteiger partial charge in [-0.1, -0.05) is 18.2 Å². The van der Waals surface area contributed by atoms with Crippen LogP contribution in [0.25, 0.3) is 0 Å². The first-order valence-corrected chi connectivity index (χ1v) is 5.86. The van der Waals surface area contributed by atoms with Crippen molar-refractivity contribution in [1.29, 1.82) is 0 Å². The van der Waals surface area contributed by atoms with Crippen LogP contribution in [0.15, 0.2) is 30.3 Å². The second-order valence-electron chi connectivity index (χ2n) is 3.89. The highest BCUT2D eigenvalue weighted by Crippen LogP contribution is 2.13. The summed E-state index contributed by atoms with van der Waals surface area (Å²) in [6, 6.07) is 9.50. The molecule has 5 heteroatoms. The molecule has 0 radical (unpaired) electrons. The summed E-state index contributed by atoms with van der Waals surface area (Å²) in [6.45, 7) is 0.910. The fraction of sp³-hybridized carbons (Fsp3) is 0.385. The molecule has 0 saturated heterocycles. The van der Waals surface area contributed by atoms with E-state index in [0.717, 1.165) is 5.69 Å².